The number of rotatable bonds is 4. The smallest absolute Gasteiger partial charge is 0.144 e. The fourth-order valence-corrected chi connectivity index (χ4v) is 3.57. The molecule has 1 aromatic carbocycles. The van der Waals surface area contributed by atoms with Crippen LogP contribution in [0, 0.1) is 11.2 Å². The maximum Gasteiger partial charge on any atom is 0.144 e. The Balaban J connectivity index is 2.13. The van der Waals surface area contributed by atoms with Crippen LogP contribution in [0.4, 0.5) is 4.39 Å². The van der Waals surface area contributed by atoms with Crippen molar-refractivity contribution in [2.24, 2.45) is 5.41 Å². The maximum atomic E-state index is 13.7. The van der Waals surface area contributed by atoms with Crippen LogP contribution < -0.4 is 0 Å². The van der Waals surface area contributed by atoms with Gasteiger partial charge < -0.3 is 4.57 Å². The number of alkyl halides is 1. The summed E-state index contributed by atoms with van der Waals surface area (Å²) in [5, 5.41) is -0.0789. The highest BCUT2D eigenvalue weighted by atomic mass is 35.5. The second-order valence-corrected chi connectivity index (χ2v) is 7.20. The lowest BCUT2D eigenvalue weighted by atomic mass is 9.67. The second-order valence-electron chi connectivity index (χ2n) is 6.13. The van der Waals surface area contributed by atoms with Crippen molar-refractivity contribution in [2.45, 2.75) is 51.5 Å². The van der Waals surface area contributed by atoms with Gasteiger partial charge in [0.2, 0.25) is 0 Å². The number of hydrogen-bond donors (Lipinski definition) is 0. The maximum absolute atomic E-state index is 13.7. The molecule has 1 aliphatic carbocycles. The second kappa shape index (κ2) is 5.44. The highest BCUT2D eigenvalue weighted by molar-refractivity contribution is 6.31. The fraction of sp³-hybridized carbons (Fsp3) is 0.562. The summed E-state index contributed by atoms with van der Waals surface area (Å²) in [6, 6.07) is 3.07. The standard InChI is InChI=1S/C16H19Cl2FN2/c1-3-16(5-4-6-16)9-21-14-7-11(18)12(19)8-13(14)20-15(21)10(2)17/h7-8,10H,3-6,9H2,1-2H3. The normalized spacial score (nSPS) is 18.7. The lowest BCUT2D eigenvalue weighted by molar-refractivity contribution is 0.101. The molecular formula is C16H19Cl2FN2. The fourth-order valence-electron chi connectivity index (χ4n) is 3.24. The lowest BCUT2D eigenvalue weighted by Crippen LogP contribution is -2.34. The van der Waals surface area contributed by atoms with Crippen LogP contribution in [0.3, 0.4) is 0 Å². The van der Waals surface area contributed by atoms with Gasteiger partial charge in [0.25, 0.3) is 0 Å². The van der Waals surface area contributed by atoms with Gasteiger partial charge in [0.1, 0.15) is 11.6 Å². The number of hydrogen-bond acceptors (Lipinski definition) is 1. The predicted octanol–water partition coefficient (Wildman–Crippen LogP) is 5.71. The van der Waals surface area contributed by atoms with Gasteiger partial charge in [-0.3, -0.25) is 0 Å². The molecule has 0 N–H and O–H groups in total. The summed E-state index contributed by atoms with van der Waals surface area (Å²) in [5.41, 5.74) is 1.84. The Morgan fingerprint density at radius 3 is 2.67 bits per heavy atom. The van der Waals surface area contributed by atoms with Crippen LogP contribution in [0.5, 0.6) is 0 Å². The first-order valence-corrected chi connectivity index (χ1v) is 8.26. The summed E-state index contributed by atoms with van der Waals surface area (Å²) >= 11 is 12.2. The Morgan fingerprint density at radius 2 is 2.14 bits per heavy atom. The number of halogens is 3. The Labute approximate surface area is 134 Å². The molecule has 2 aromatic rings. The Morgan fingerprint density at radius 1 is 1.43 bits per heavy atom. The molecule has 0 radical (unpaired) electrons. The summed E-state index contributed by atoms with van der Waals surface area (Å²) in [6.07, 6.45) is 4.88. The molecule has 0 spiro atoms. The molecular weight excluding hydrogens is 310 g/mol. The number of aromatic nitrogens is 2. The SMILES string of the molecule is CCC1(Cn2c(C(C)Cl)nc3cc(F)c(Cl)cc32)CCC1. The number of benzene rings is 1. The predicted molar refractivity (Wildman–Crippen MR) is 85.5 cm³/mol. The summed E-state index contributed by atoms with van der Waals surface area (Å²) in [7, 11) is 0. The molecule has 1 fully saturated rings. The van der Waals surface area contributed by atoms with Crippen molar-refractivity contribution < 1.29 is 4.39 Å². The Kier molecular flexibility index (Phi) is 3.91. The van der Waals surface area contributed by atoms with E-state index in [1.54, 1.807) is 6.07 Å². The van der Waals surface area contributed by atoms with E-state index in [1.165, 1.54) is 25.3 Å². The van der Waals surface area contributed by atoms with E-state index in [0.717, 1.165) is 24.3 Å². The van der Waals surface area contributed by atoms with Crippen LogP contribution in [0.25, 0.3) is 11.0 Å². The first-order valence-electron chi connectivity index (χ1n) is 7.45. The average Bonchev–Trinajstić information content (AvgIpc) is 2.73. The van der Waals surface area contributed by atoms with Crippen molar-refractivity contribution in [1.29, 1.82) is 0 Å². The minimum Gasteiger partial charge on any atom is -0.326 e. The molecule has 1 aromatic heterocycles. The molecule has 114 valence electrons. The van der Waals surface area contributed by atoms with Crippen LogP contribution >= 0.6 is 23.2 Å². The molecule has 5 heteroatoms. The van der Waals surface area contributed by atoms with E-state index in [-0.39, 0.29) is 10.4 Å². The highest BCUT2D eigenvalue weighted by Gasteiger charge is 2.36. The van der Waals surface area contributed by atoms with E-state index in [2.05, 4.69) is 16.5 Å². The summed E-state index contributed by atoms with van der Waals surface area (Å²) < 4.78 is 15.8. The molecule has 3 rings (SSSR count). The molecule has 1 saturated carbocycles. The highest BCUT2D eigenvalue weighted by Crippen LogP contribution is 2.46. The van der Waals surface area contributed by atoms with E-state index in [0.29, 0.717) is 10.9 Å². The minimum atomic E-state index is -0.434. The number of imidazole rings is 1. The molecule has 0 saturated heterocycles. The van der Waals surface area contributed by atoms with Crippen LogP contribution in [-0.2, 0) is 6.54 Å². The van der Waals surface area contributed by atoms with Gasteiger partial charge in [0.05, 0.1) is 21.4 Å². The van der Waals surface area contributed by atoms with Gasteiger partial charge in [-0.2, -0.15) is 0 Å². The first kappa shape index (κ1) is 15.1. The van der Waals surface area contributed by atoms with Crippen molar-refractivity contribution in [1.82, 2.24) is 9.55 Å². The molecule has 0 bridgehead atoms. The summed E-state index contributed by atoms with van der Waals surface area (Å²) in [4.78, 5) is 4.52. The van der Waals surface area contributed by atoms with E-state index >= 15 is 0 Å². The third kappa shape index (κ3) is 2.55. The van der Waals surface area contributed by atoms with Crippen LogP contribution in [0.15, 0.2) is 12.1 Å². The molecule has 2 nitrogen and oxygen atoms in total. The van der Waals surface area contributed by atoms with Gasteiger partial charge in [-0.25, -0.2) is 9.37 Å². The van der Waals surface area contributed by atoms with Gasteiger partial charge in [-0.1, -0.05) is 24.9 Å². The first-order chi connectivity index (χ1) is 9.96. The van der Waals surface area contributed by atoms with Crippen LogP contribution in [-0.4, -0.2) is 9.55 Å². The monoisotopic (exact) mass is 328 g/mol. The van der Waals surface area contributed by atoms with E-state index in [4.69, 9.17) is 23.2 Å². The summed E-state index contributed by atoms with van der Waals surface area (Å²) in [6.45, 7) is 5.01. The van der Waals surface area contributed by atoms with Crippen LogP contribution in [0.1, 0.15) is 50.7 Å². The number of fused-ring (bicyclic) bond motifs is 1. The van der Waals surface area contributed by atoms with Gasteiger partial charge in [-0.05, 0) is 37.7 Å². The largest absolute Gasteiger partial charge is 0.326 e. The summed E-state index contributed by atoms with van der Waals surface area (Å²) in [5.74, 6) is 0.365. The molecule has 21 heavy (non-hydrogen) atoms. The van der Waals surface area contributed by atoms with Gasteiger partial charge in [0, 0.05) is 12.6 Å². The lowest BCUT2D eigenvalue weighted by Gasteiger charge is -2.42. The van der Waals surface area contributed by atoms with E-state index < -0.39 is 5.82 Å². The van der Waals surface area contributed by atoms with Crippen molar-refractivity contribution in [3.8, 4) is 0 Å². The minimum absolute atomic E-state index is 0.136. The van der Waals surface area contributed by atoms with Crippen LogP contribution in [0.2, 0.25) is 5.02 Å². The molecule has 0 amide bonds. The third-order valence-electron chi connectivity index (χ3n) is 4.83. The third-order valence-corrected chi connectivity index (χ3v) is 5.32. The Bertz CT molecular complexity index is 669. The molecule has 0 aliphatic heterocycles. The molecule has 1 atom stereocenters. The number of nitrogens with zero attached hydrogens (tertiary/aromatic N) is 2. The van der Waals surface area contributed by atoms with Gasteiger partial charge >= 0.3 is 0 Å². The Hall–Kier alpha value is -0.800. The topological polar surface area (TPSA) is 17.8 Å². The molecule has 1 heterocycles. The van der Waals surface area contributed by atoms with Gasteiger partial charge in [-0.15, -0.1) is 11.6 Å². The average molecular weight is 329 g/mol. The van der Waals surface area contributed by atoms with Crippen molar-refractivity contribution in [2.75, 3.05) is 0 Å². The van der Waals surface area contributed by atoms with Crippen molar-refractivity contribution in [3.05, 3.63) is 28.8 Å². The van der Waals surface area contributed by atoms with E-state index in [1.807, 2.05) is 6.92 Å². The molecule has 1 unspecified atom stereocenters. The zero-order valence-electron chi connectivity index (χ0n) is 12.3. The quantitative estimate of drug-likeness (QED) is 0.657. The zero-order chi connectivity index (χ0) is 15.2. The zero-order valence-corrected chi connectivity index (χ0v) is 13.8. The van der Waals surface area contributed by atoms with E-state index in [9.17, 15) is 4.39 Å². The van der Waals surface area contributed by atoms with Crippen molar-refractivity contribution in [3.63, 3.8) is 0 Å². The molecule has 1 aliphatic rings. The van der Waals surface area contributed by atoms with Gasteiger partial charge in [0.15, 0.2) is 0 Å². The van der Waals surface area contributed by atoms with Crippen molar-refractivity contribution >= 4 is 34.2 Å².